The van der Waals surface area contributed by atoms with Gasteiger partial charge >= 0.3 is 0 Å². The first kappa shape index (κ1) is 10.5. The fourth-order valence-corrected chi connectivity index (χ4v) is 2.25. The van der Waals surface area contributed by atoms with Gasteiger partial charge in [0.15, 0.2) is 0 Å². The number of hydrogen-bond donors (Lipinski definition) is 1. The molecule has 1 aromatic carbocycles. The van der Waals surface area contributed by atoms with Crippen molar-refractivity contribution in [2.45, 2.75) is 26.8 Å². The number of rotatable bonds is 3. The van der Waals surface area contributed by atoms with Crippen LogP contribution in [0.15, 0.2) is 18.2 Å². The largest absolute Gasteiger partial charge is 0.372 e. The first-order valence-electron chi connectivity index (χ1n) is 5.92. The van der Waals surface area contributed by atoms with Gasteiger partial charge in [-0.15, -0.1) is 0 Å². The van der Waals surface area contributed by atoms with Gasteiger partial charge in [-0.3, -0.25) is 0 Å². The zero-order valence-corrected chi connectivity index (χ0v) is 9.71. The molecule has 1 aliphatic heterocycles. The number of nitrogens with zero attached hydrogens (tertiary/aromatic N) is 1. The Morgan fingerprint density at radius 1 is 1.20 bits per heavy atom. The quantitative estimate of drug-likeness (QED) is 0.812. The number of hydrogen-bond acceptors (Lipinski definition) is 2. The summed E-state index contributed by atoms with van der Waals surface area (Å²) >= 11 is 0. The summed E-state index contributed by atoms with van der Waals surface area (Å²) in [6.45, 7) is 8.75. The van der Waals surface area contributed by atoms with Gasteiger partial charge in [0.2, 0.25) is 0 Å². The Morgan fingerprint density at radius 3 is 2.73 bits per heavy atom. The molecule has 0 aliphatic carbocycles. The molecule has 2 nitrogen and oxygen atoms in total. The fourth-order valence-electron chi connectivity index (χ4n) is 2.25. The number of benzene rings is 1. The molecule has 0 atom stereocenters. The normalized spacial score (nSPS) is 14.8. The molecule has 1 heterocycles. The van der Waals surface area contributed by atoms with E-state index < -0.39 is 0 Å². The minimum absolute atomic E-state index is 1.03. The molecule has 82 valence electrons. The highest BCUT2D eigenvalue weighted by molar-refractivity contribution is 5.51. The van der Waals surface area contributed by atoms with Gasteiger partial charge in [-0.1, -0.05) is 6.07 Å². The molecule has 1 aliphatic rings. The van der Waals surface area contributed by atoms with Gasteiger partial charge < -0.3 is 10.2 Å². The molecular formula is C13H20N2. The van der Waals surface area contributed by atoms with Crippen LogP contribution in [0.2, 0.25) is 0 Å². The molecule has 2 rings (SSSR count). The van der Waals surface area contributed by atoms with Crippen LogP contribution in [0.5, 0.6) is 0 Å². The molecule has 0 radical (unpaired) electrons. The second-order valence-corrected chi connectivity index (χ2v) is 4.05. The van der Waals surface area contributed by atoms with E-state index in [1.54, 1.807) is 0 Å². The lowest BCUT2D eigenvalue weighted by molar-refractivity contribution is 0.643. The molecule has 15 heavy (non-hydrogen) atoms. The molecular weight excluding hydrogens is 184 g/mol. The summed E-state index contributed by atoms with van der Waals surface area (Å²) in [5.41, 5.74) is 4.36. The van der Waals surface area contributed by atoms with E-state index in [4.69, 9.17) is 0 Å². The summed E-state index contributed by atoms with van der Waals surface area (Å²) in [5, 5.41) is 3.42. The van der Waals surface area contributed by atoms with Crippen molar-refractivity contribution in [3.05, 3.63) is 29.3 Å². The highest BCUT2D eigenvalue weighted by atomic mass is 15.1. The lowest BCUT2D eigenvalue weighted by Crippen LogP contribution is -2.25. The highest BCUT2D eigenvalue weighted by Crippen LogP contribution is 2.21. The lowest BCUT2D eigenvalue weighted by atomic mass is 10.0. The summed E-state index contributed by atoms with van der Waals surface area (Å²) in [6.07, 6.45) is 1.17. The maximum atomic E-state index is 3.42. The molecule has 0 fully saturated rings. The Balaban J connectivity index is 2.27. The summed E-state index contributed by atoms with van der Waals surface area (Å²) < 4.78 is 0. The van der Waals surface area contributed by atoms with E-state index in [0.717, 1.165) is 26.2 Å². The average molecular weight is 204 g/mol. The van der Waals surface area contributed by atoms with Crippen molar-refractivity contribution in [2.24, 2.45) is 0 Å². The predicted octanol–water partition coefficient (Wildman–Crippen LogP) is 2.18. The zero-order chi connectivity index (χ0) is 10.7. The van der Waals surface area contributed by atoms with Gasteiger partial charge in [-0.25, -0.2) is 0 Å². The second kappa shape index (κ2) is 4.67. The third-order valence-corrected chi connectivity index (χ3v) is 3.21. The van der Waals surface area contributed by atoms with Gasteiger partial charge in [0.05, 0.1) is 0 Å². The SMILES string of the molecule is CCN(CC)c1ccc2c(c1)CNCC2. The molecule has 0 amide bonds. The molecule has 1 aromatic rings. The third kappa shape index (κ3) is 2.15. The van der Waals surface area contributed by atoms with Gasteiger partial charge in [0.25, 0.3) is 0 Å². The topological polar surface area (TPSA) is 15.3 Å². The third-order valence-electron chi connectivity index (χ3n) is 3.21. The van der Waals surface area contributed by atoms with Crippen molar-refractivity contribution in [1.29, 1.82) is 0 Å². The lowest BCUT2D eigenvalue weighted by Gasteiger charge is -2.24. The Bertz CT molecular complexity index is 329. The molecule has 0 aromatic heterocycles. The second-order valence-electron chi connectivity index (χ2n) is 4.05. The smallest absolute Gasteiger partial charge is 0.0369 e. The summed E-state index contributed by atoms with van der Waals surface area (Å²) in [4.78, 5) is 2.40. The van der Waals surface area contributed by atoms with Crippen molar-refractivity contribution in [2.75, 3.05) is 24.5 Å². The van der Waals surface area contributed by atoms with Crippen molar-refractivity contribution in [3.63, 3.8) is 0 Å². The van der Waals surface area contributed by atoms with E-state index in [-0.39, 0.29) is 0 Å². The number of anilines is 1. The Morgan fingerprint density at radius 2 is 2.00 bits per heavy atom. The Hall–Kier alpha value is -1.02. The zero-order valence-electron chi connectivity index (χ0n) is 9.71. The minimum Gasteiger partial charge on any atom is -0.372 e. The molecule has 0 bridgehead atoms. The van der Waals surface area contributed by atoms with Crippen LogP contribution in [0.4, 0.5) is 5.69 Å². The predicted molar refractivity (Wildman–Crippen MR) is 65.4 cm³/mol. The average Bonchev–Trinajstić information content (AvgIpc) is 2.30. The molecule has 0 saturated heterocycles. The van der Waals surface area contributed by atoms with E-state index in [9.17, 15) is 0 Å². The molecule has 2 heteroatoms. The maximum Gasteiger partial charge on any atom is 0.0369 e. The van der Waals surface area contributed by atoms with Crippen LogP contribution in [-0.4, -0.2) is 19.6 Å². The first-order valence-corrected chi connectivity index (χ1v) is 5.92. The molecule has 0 saturated carbocycles. The van der Waals surface area contributed by atoms with Crippen LogP contribution < -0.4 is 10.2 Å². The molecule has 1 N–H and O–H groups in total. The van der Waals surface area contributed by atoms with Gasteiger partial charge in [-0.05, 0) is 50.1 Å². The number of fused-ring (bicyclic) bond motifs is 1. The Labute approximate surface area is 92.3 Å². The Kier molecular flexibility index (Phi) is 3.27. The molecule has 0 unspecified atom stereocenters. The summed E-state index contributed by atoms with van der Waals surface area (Å²) in [5.74, 6) is 0. The van der Waals surface area contributed by atoms with E-state index in [1.807, 2.05) is 0 Å². The van der Waals surface area contributed by atoms with Crippen molar-refractivity contribution in [1.82, 2.24) is 5.32 Å². The van der Waals surface area contributed by atoms with Gasteiger partial charge in [0.1, 0.15) is 0 Å². The van der Waals surface area contributed by atoms with Gasteiger partial charge in [-0.2, -0.15) is 0 Å². The first-order chi connectivity index (χ1) is 7.35. The van der Waals surface area contributed by atoms with Crippen LogP contribution in [0, 0.1) is 0 Å². The van der Waals surface area contributed by atoms with Crippen LogP contribution in [-0.2, 0) is 13.0 Å². The van der Waals surface area contributed by atoms with Crippen LogP contribution in [0.25, 0.3) is 0 Å². The van der Waals surface area contributed by atoms with E-state index >= 15 is 0 Å². The van der Waals surface area contributed by atoms with Gasteiger partial charge in [0, 0.05) is 25.3 Å². The van der Waals surface area contributed by atoms with Crippen molar-refractivity contribution < 1.29 is 0 Å². The fraction of sp³-hybridized carbons (Fsp3) is 0.538. The van der Waals surface area contributed by atoms with E-state index in [1.165, 1.54) is 23.2 Å². The monoisotopic (exact) mass is 204 g/mol. The van der Waals surface area contributed by atoms with E-state index in [0.29, 0.717) is 0 Å². The number of nitrogens with one attached hydrogen (secondary N) is 1. The van der Waals surface area contributed by atoms with Crippen molar-refractivity contribution >= 4 is 5.69 Å². The van der Waals surface area contributed by atoms with Crippen LogP contribution >= 0.6 is 0 Å². The van der Waals surface area contributed by atoms with Crippen LogP contribution in [0.1, 0.15) is 25.0 Å². The summed E-state index contributed by atoms with van der Waals surface area (Å²) in [7, 11) is 0. The highest BCUT2D eigenvalue weighted by Gasteiger charge is 2.10. The van der Waals surface area contributed by atoms with E-state index in [2.05, 4.69) is 42.3 Å². The van der Waals surface area contributed by atoms with Crippen LogP contribution in [0.3, 0.4) is 0 Å². The standard InChI is InChI=1S/C13H20N2/c1-3-15(4-2)13-6-5-11-7-8-14-10-12(11)9-13/h5-6,9,14H,3-4,7-8,10H2,1-2H3. The minimum atomic E-state index is 1.03. The maximum absolute atomic E-state index is 3.42. The van der Waals surface area contributed by atoms with Crippen molar-refractivity contribution in [3.8, 4) is 0 Å². The molecule has 0 spiro atoms. The summed E-state index contributed by atoms with van der Waals surface area (Å²) in [6, 6.07) is 6.90.